The number of amides is 1. The number of hydrogen-bond donors (Lipinski definition) is 1. The molecule has 0 saturated heterocycles. The summed E-state index contributed by atoms with van der Waals surface area (Å²) < 4.78 is 5.04. The maximum atomic E-state index is 13.3. The Kier molecular flexibility index (Phi) is 6.03. The molecule has 1 amide bonds. The third kappa shape index (κ3) is 4.25. The summed E-state index contributed by atoms with van der Waals surface area (Å²) in [6, 6.07) is 12.2. The van der Waals surface area contributed by atoms with Gasteiger partial charge in [0.2, 0.25) is 0 Å². The summed E-state index contributed by atoms with van der Waals surface area (Å²) in [5, 5.41) is 14.4. The van der Waals surface area contributed by atoms with Crippen LogP contribution in [-0.4, -0.2) is 37.6 Å². The highest BCUT2D eigenvalue weighted by Gasteiger charge is 2.26. The maximum Gasteiger partial charge on any atom is 0.270 e. The molecule has 0 aromatic heterocycles. The Labute approximate surface area is 158 Å². The van der Waals surface area contributed by atoms with Crippen LogP contribution in [0.4, 0.5) is 17.1 Å². The van der Waals surface area contributed by atoms with E-state index in [2.05, 4.69) is 5.32 Å². The number of nitrogens with zero attached hydrogens (tertiary/aromatic N) is 2. The molecule has 0 bridgehead atoms. The number of nitro groups is 1. The standard InChI is InChI=1S/C20H23N3O4/c1-27-13-5-11-21-18-10-9-16(23(25)26)14-17(18)20(24)22-12-4-7-15-6-2-3-8-19(15)22/h2-3,6,8-10,14,21H,4-5,7,11-13H2,1H3. The lowest BCUT2D eigenvalue weighted by molar-refractivity contribution is -0.384. The van der Waals surface area contributed by atoms with E-state index in [9.17, 15) is 14.9 Å². The third-order valence-electron chi connectivity index (χ3n) is 4.64. The van der Waals surface area contributed by atoms with E-state index < -0.39 is 4.92 Å². The highest BCUT2D eigenvalue weighted by Crippen LogP contribution is 2.31. The predicted octanol–water partition coefficient (Wildman–Crippen LogP) is 3.64. The van der Waals surface area contributed by atoms with Crippen molar-refractivity contribution in [2.45, 2.75) is 19.3 Å². The number of carbonyl (C=O) groups is 1. The molecule has 1 aliphatic rings. The Morgan fingerprint density at radius 2 is 2.11 bits per heavy atom. The smallest absolute Gasteiger partial charge is 0.270 e. The number of nitrogens with one attached hydrogen (secondary N) is 1. The number of nitro benzene ring substituents is 1. The molecule has 1 aliphatic heterocycles. The van der Waals surface area contributed by atoms with Crippen LogP contribution >= 0.6 is 0 Å². The van der Waals surface area contributed by atoms with Crippen molar-refractivity contribution in [3.8, 4) is 0 Å². The van der Waals surface area contributed by atoms with Crippen LogP contribution in [0.1, 0.15) is 28.8 Å². The second kappa shape index (κ2) is 8.64. The first kappa shape index (κ1) is 18.8. The zero-order chi connectivity index (χ0) is 19.2. The summed E-state index contributed by atoms with van der Waals surface area (Å²) in [6.45, 7) is 1.81. The highest BCUT2D eigenvalue weighted by atomic mass is 16.6. The lowest BCUT2D eigenvalue weighted by atomic mass is 10.0. The van der Waals surface area contributed by atoms with Crippen molar-refractivity contribution in [2.24, 2.45) is 0 Å². The average Bonchev–Trinajstić information content (AvgIpc) is 2.70. The van der Waals surface area contributed by atoms with E-state index in [-0.39, 0.29) is 11.6 Å². The average molecular weight is 369 g/mol. The second-order valence-corrected chi connectivity index (χ2v) is 6.45. The molecule has 1 heterocycles. The van der Waals surface area contributed by atoms with E-state index in [0.29, 0.717) is 30.9 Å². The van der Waals surface area contributed by atoms with Crippen molar-refractivity contribution in [3.63, 3.8) is 0 Å². The van der Waals surface area contributed by atoms with Crippen molar-refractivity contribution < 1.29 is 14.5 Å². The molecule has 0 radical (unpaired) electrons. The van der Waals surface area contributed by atoms with Crippen molar-refractivity contribution >= 4 is 23.0 Å². The van der Waals surface area contributed by atoms with Crippen LogP contribution in [0.2, 0.25) is 0 Å². The van der Waals surface area contributed by atoms with E-state index in [0.717, 1.165) is 30.5 Å². The van der Waals surface area contributed by atoms with Crippen LogP contribution in [0.15, 0.2) is 42.5 Å². The van der Waals surface area contributed by atoms with Crippen LogP contribution < -0.4 is 10.2 Å². The Hall–Kier alpha value is -2.93. The van der Waals surface area contributed by atoms with Crippen LogP contribution in [-0.2, 0) is 11.2 Å². The normalized spacial score (nSPS) is 13.1. The molecular formula is C20H23N3O4. The van der Waals surface area contributed by atoms with Gasteiger partial charge in [0, 0.05) is 50.3 Å². The van der Waals surface area contributed by atoms with Gasteiger partial charge in [-0.3, -0.25) is 14.9 Å². The summed E-state index contributed by atoms with van der Waals surface area (Å²) >= 11 is 0. The number of non-ortho nitro benzene ring substituents is 1. The fourth-order valence-corrected chi connectivity index (χ4v) is 3.31. The summed E-state index contributed by atoms with van der Waals surface area (Å²) in [5.41, 5.74) is 2.83. The number of methoxy groups -OCH3 is 1. The topological polar surface area (TPSA) is 84.7 Å². The fraction of sp³-hybridized carbons (Fsp3) is 0.350. The molecule has 1 N–H and O–H groups in total. The molecule has 0 unspecified atom stereocenters. The summed E-state index contributed by atoms with van der Waals surface area (Å²) in [5.74, 6) is -0.222. The molecule has 0 aliphatic carbocycles. The molecule has 0 fully saturated rings. The van der Waals surface area contributed by atoms with Gasteiger partial charge in [0.25, 0.3) is 11.6 Å². The molecule has 3 rings (SSSR count). The largest absolute Gasteiger partial charge is 0.385 e. The van der Waals surface area contributed by atoms with E-state index in [1.807, 2.05) is 24.3 Å². The van der Waals surface area contributed by atoms with Crippen LogP contribution in [0.25, 0.3) is 0 Å². The van der Waals surface area contributed by atoms with Gasteiger partial charge in [-0.2, -0.15) is 0 Å². The minimum Gasteiger partial charge on any atom is -0.385 e. The van der Waals surface area contributed by atoms with Crippen molar-refractivity contribution in [3.05, 3.63) is 63.7 Å². The molecule has 142 valence electrons. The summed E-state index contributed by atoms with van der Waals surface area (Å²) in [7, 11) is 1.63. The second-order valence-electron chi connectivity index (χ2n) is 6.45. The Morgan fingerprint density at radius 3 is 2.89 bits per heavy atom. The lowest BCUT2D eigenvalue weighted by Gasteiger charge is -2.30. The molecular weight excluding hydrogens is 346 g/mol. The van der Waals surface area contributed by atoms with E-state index in [4.69, 9.17) is 4.74 Å². The summed E-state index contributed by atoms with van der Waals surface area (Å²) in [4.78, 5) is 25.7. The molecule has 0 spiro atoms. The number of aryl methyl sites for hydroxylation is 1. The Bertz CT molecular complexity index is 838. The molecule has 2 aromatic carbocycles. The number of rotatable bonds is 7. The van der Waals surface area contributed by atoms with Gasteiger partial charge in [0.15, 0.2) is 0 Å². The van der Waals surface area contributed by atoms with Crippen molar-refractivity contribution in [2.75, 3.05) is 37.0 Å². The number of para-hydroxylation sites is 1. The van der Waals surface area contributed by atoms with Gasteiger partial charge < -0.3 is 15.0 Å². The maximum absolute atomic E-state index is 13.3. The molecule has 0 saturated carbocycles. The molecule has 0 atom stereocenters. The van der Waals surface area contributed by atoms with Crippen LogP contribution in [0, 0.1) is 10.1 Å². The zero-order valence-corrected chi connectivity index (χ0v) is 15.3. The van der Waals surface area contributed by atoms with Gasteiger partial charge >= 0.3 is 0 Å². The highest BCUT2D eigenvalue weighted by molar-refractivity contribution is 6.10. The number of anilines is 2. The molecule has 2 aromatic rings. The Balaban J connectivity index is 1.92. The molecule has 27 heavy (non-hydrogen) atoms. The van der Waals surface area contributed by atoms with Crippen LogP contribution in [0.3, 0.4) is 0 Å². The summed E-state index contributed by atoms with van der Waals surface area (Å²) in [6.07, 6.45) is 2.57. The molecule has 7 nitrogen and oxygen atoms in total. The number of fused-ring (bicyclic) bond motifs is 1. The number of carbonyl (C=O) groups excluding carboxylic acids is 1. The van der Waals surface area contributed by atoms with Gasteiger partial charge in [0.1, 0.15) is 0 Å². The van der Waals surface area contributed by atoms with Crippen LogP contribution in [0.5, 0.6) is 0 Å². The monoisotopic (exact) mass is 369 g/mol. The SMILES string of the molecule is COCCCNc1ccc([N+](=O)[O-])cc1C(=O)N1CCCc2ccccc21. The van der Waals surface area contributed by atoms with E-state index in [1.165, 1.54) is 12.1 Å². The first-order valence-corrected chi connectivity index (χ1v) is 9.03. The zero-order valence-electron chi connectivity index (χ0n) is 15.3. The van der Waals surface area contributed by atoms with Gasteiger partial charge in [-0.05, 0) is 37.0 Å². The minimum atomic E-state index is -0.477. The predicted molar refractivity (Wildman–Crippen MR) is 105 cm³/mol. The fourth-order valence-electron chi connectivity index (χ4n) is 3.31. The van der Waals surface area contributed by atoms with Gasteiger partial charge in [-0.15, -0.1) is 0 Å². The lowest BCUT2D eigenvalue weighted by Crippen LogP contribution is -2.36. The third-order valence-corrected chi connectivity index (χ3v) is 4.64. The Morgan fingerprint density at radius 1 is 1.30 bits per heavy atom. The number of ether oxygens (including phenoxy) is 1. The molecule has 7 heteroatoms. The van der Waals surface area contributed by atoms with Crippen molar-refractivity contribution in [1.29, 1.82) is 0 Å². The van der Waals surface area contributed by atoms with E-state index in [1.54, 1.807) is 18.1 Å². The van der Waals surface area contributed by atoms with Gasteiger partial charge in [-0.25, -0.2) is 0 Å². The number of hydrogen-bond acceptors (Lipinski definition) is 5. The first-order chi connectivity index (χ1) is 13.1. The minimum absolute atomic E-state index is 0.0916. The van der Waals surface area contributed by atoms with Gasteiger partial charge in [-0.1, -0.05) is 18.2 Å². The van der Waals surface area contributed by atoms with Gasteiger partial charge in [0.05, 0.1) is 10.5 Å². The first-order valence-electron chi connectivity index (χ1n) is 9.03. The van der Waals surface area contributed by atoms with Crippen molar-refractivity contribution in [1.82, 2.24) is 0 Å². The quantitative estimate of drug-likeness (QED) is 0.458. The van der Waals surface area contributed by atoms with E-state index >= 15 is 0 Å². The number of benzene rings is 2.